The SMILES string of the molecule is CC(C)(C)OC(=O)NCC1(COc2ccncc2[N+](=O)[O-])CCC1. The summed E-state index contributed by atoms with van der Waals surface area (Å²) in [6, 6.07) is 1.48. The second kappa shape index (κ2) is 7.02. The van der Waals surface area contributed by atoms with Crippen molar-refractivity contribution in [2.75, 3.05) is 13.2 Å². The number of hydrogen-bond acceptors (Lipinski definition) is 6. The number of alkyl carbamates (subject to hydrolysis) is 1. The van der Waals surface area contributed by atoms with Crippen molar-refractivity contribution in [3.05, 3.63) is 28.6 Å². The zero-order chi connectivity index (χ0) is 17.8. The Morgan fingerprint density at radius 1 is 1.46 bits per heavy atom. The van der Waals surface area contributed by atoms with Crippen LogP contribution in [0.2, 0.25) is 0 Å². The first-order valence-corrected chi connectivity index (χ1v) is 7.89. The third kappa shape index (κ3) is 4.81. The molecule has 0 radical (unpaired) electrons. The topological polar surface area (TPSA) is 104 Å². The van der Waals surface area contributed by atoms with Crippen molar-refractivity contribution in [1.29, 1.82) is 0 Å². The molecule has 0 saturated heterocycles. The number of nitrogens with zero attached hydrogens (tertiary/aromatic N) is 2. The Balaban J connectivity index is 1.92. The van der Waals surface area contributed by atoms with Gasteiger partial charge in [-0.25, -0.2) is 4.79 Å². The lowest BCUT2D eigenvalue weighted by Gasteiger charge is -2.41. The number of ether oxygens (including phenoxy) is 2. The first-order valence-electron chi connectivity index (χ1n) is 7.89. The average molecular weight is 337 g/mol. The molecule has 24 heavy (non-hydrogen) atoms. The second-order valence-electron chi connectivity index (χ2n) is 7.10. The van der Waals surface area contributed by atoms with Crippen molar-refractivity contribution >= 4 is 11.8 Å². The highest BCUT2D eigenvalue weighted by atomic mass is 16.6. The number of carbonyl (C=O) groups is 1. The van der Waals surface area contributed by atoms with Crippen LogP contribution in [-0.2, 0) is 4.74 Å². The number of nitrogens with one attached hydrogen (secondary N) is 1. The minimum atomic E-state index is -0.551. The molecule has 1 aromatic heterocycles. The fourth-order valence-electron chi connectivity index (χ4n) is 2.49. The van der Waals surface area contributed by atoms with Crippen LogP contribution in [0.5, 0.6) is 5.75 Å². The van der Waals surface area contributed by atoms with E-state index >= 15 is 0 Å². The highest BCUT2D eigenvalue weighted by Crippen LogP contribution is 2.41. The molecule has 0 atom stereocenters. The van der Waals surface area contributed by atoms with Crippen LogP contribution in [-0.4, -0.2) is 34.8 Å². The van der Waals surface area contributed by atoms with Crippen molar-refractivity contribution in [2.45, 2.75) is 45.6 Å². The Hall–Kier alpha value is -2.38. The second-order valence-corrected chi connectivity index (χ2v) is 7.10. The van der Waals surface area contributed by atoms with Crippen molar-refractivity contribution in [3.8, 4) is 5.75 Å². The number of rotatable bonds is 6. The maximum absolute atomic E-state index is 11.8. The van der Waals surface area contributed by atoms with E-state index in [2.05, 4.69) is 10.3 Å². The Morgan fingerprint density at radius 2 is 2.17 bits per heavy atom. The summed E-state index contributed by atoms with van der Waals surface area (Å²) in [4.78, 5) is 26.0. The Bertz CT molecular complexity index is 608. The summed E-state index contributed by atoms with van der Waals surface area (Å²) in [6.07, 6.45) is 4.97. The molecule has 1 fully saturated rings. The van der Waals surface area contributed by atoms with E-state index in [0.717, 1.165) is 19.3 Å². The van der Waals surface area contributed by atoms with E-state index in [1.165, 1.54) is 18.5 Å². The van der Waals surface area contributed by atoms with Gasteiger partial charge >= 0.3 is 11.8 Å². The summed E-state index contributed by atoms with van der Waals surface area (Å²) >= 11 is 0. The van der Waals surface area contributed by atoms with Gasteiger partial charge in [-0.05, 0) is 33.6 Å². The average Bonchev–Trinajstić information content (AvgIpc) is 2.44. The summed E-state index contributed by atoms with van der Waals surface area (Å²) in [5.74, 6) is 0.193. The lowest BCUT2D eigenvalue weighted by Crippen LogP contribution is -2.47. The van der Waals surface area contributed by atoms with Crippen LogP contribution in [0, 0.1) is 15.5 Å². The summed E-state index contributed by atoms with van der Waals surface area (Å²) in [7, 11) is 0. The minimum Gasteiger partial charge on any atom is -0.486 e. The van der Waals surface area contributed by atoms with Gasteiger partial charge in [0.1, 0.15) is 11.8 Å². The molecule has 0 spiro atoms. The lowest BCUT2D eigenvalue weighted by atomic mass is 9.69. The fraction of sp³-hybridized carbons (Fsp3) is 0.625. The Morgan fingerprint density at radius 3 is 2.71 bits per heavy atom. The van der Waals surface area contributed by atoms with Crippen LogP contribution in [0.15, 0.2) is 18.5 Å². The number of pyridine rings is 1. The molecule has 1 aromatic rings. The summed E-state index contributed by atoms with van der Waals surface area (Å²) in [5.41, 5.74) is -0.925. The lowest BCUT2D eigenvalue weighted by molar-refractivity contribution is -0.386. The first kappa shape index (κ1) is 18.0. The molecule has 1 amide bonds. The van der Waals surface area contributed by atoms with Gasteiger partial charge in [0.15, 0.2) is 5.75 Å². The molecule has 1 N–H and O–H groups in total. The third-order valence-electron chi connectivity index (χ3n) is 3.91. The molecule has 2 rings (SSSR count). The van der Waals surface area contributed by atoms with Crippen LogP contribution in [0.25, 0.3) is 0 Å². The monoisotopic (exact) mass is 337 g/mol. The van der Waals surface area contributed by atoms with Gasteiger partial charge in [-0.2, -0.15) is 0 Å². The van der Waals surface area contributed by atoms with Gasteiger partial charge in [0.2, 0.25) is 0 Å². The first-order chi connectivity index (χ1) is 11.2. The standard InChI is InChI=1S/C16H23N3O5/c1-15(2,3)24-14(20)18-10-16(6-4-7-16)11-23-13-5-8-17-9-12(13)19(21)22/h5,8-9H,4,6-7,10-11H2,1-3H3,(H,18,20). The molecule has 132 valence electrons. The largest absolute Gasteiger partial charge is 0.486 e. The molecular weight excluding hydrogens is 314 g/mol. The number of aromatic nitrogens is 1. The number of nitro groups is 1. The molecule has 1 aliphatic carbocycles. The van der Waals surface area contributed by atoms with Crippen LogP contribution in [0.1, 0.15) is 40.0 Å². The van der Waals surface area contributed by atoms with Crippen LogP contribution < -0.4 is 10.1 Å². The molecule has 0 bridgehead atoms. The fourth-order valence-corrected chi connectivity index (χ4v) is 2.49. The summed E-state index contributed by atoms with van der Waals surface area (Å²) in [6.45, 7) is 6.13. The number of amides is 1. The van der Waals surface area contributed by atoms with Gasteiger partial charge < -0.3 is 14.8 Å². The van der Waals surface area contributed by atoms with Gasteiger partial charge in [0.25, 0.3) is 0 Å². The predicted octanol–water partition coefficient (Wildman–Crippen LogP) is 3.06. The van der Waals surface area contributed by atoms with E-state index in [1.807, 2.05) is 0 Å². The van der Waals surface area contributed by atoms with E-state index in [9.17, 15) is 14.9 Å². The van der Waals surface area contributed by atoms with Crippen molar-refractivity contribution in [1.82, 2.24) is 10.3 Å². The molecule has 1 aliphatic rings. The molecule has 8 heteroatoms. The zero-order valence-electron chi connectivity index (χ0n) is 14.2. The molecule has 8 nitrogen and oxygen atoms in total. The van der Waals surface area contributed by atoms with E-state index in [0.29, 0.717) is 13.2 Å². The predicted molar refractivity (Wildman–Crippen MR) is 86.9 cm³/mol. The summed E-state index contributed by atoms with van der Waals surface area (Å²) < 4.78 is 10.9. The van der Waals surface area contributed by atoms with Crippen molar-refractivity contribution in [2.24, 2.45) is 5.41 Å². The highest BCUT2D eigenvalue weighted by Gasteiger charge is 2.39. The minimum absolute atomic E-state index is 0.160. The van der Waals surface area contributed by atoms with Crippen LogP contribution in [0.3, 0.4) is 0 Å². The molecule has 0 unspecified atom stereocenters. The molecule has 0 aromatic carbocycles. The Labute approximate surface area is 140 Å². The van der Waals surface area contributed by atoms with Gasteiger partial charge in [-0.3, -0.25) is 15.1 Å². The van der Waals surface area contributed by atoms with E-state index in [4.69, 9.17) is 9.47 Å². The molecule has 1 heterocycles. The van der Waals surface area contributed by atoms with Gasteiger partial charge in [-0.1, -0.05) is 6.42 Å². The van der Waals surface area contributed by atoms with E-state index in [1.54, 1.807) is 20.8 Å². The third-order valence-corrected chi connectivity index (χ3v) is 3.91. The van der Waals surface area contributed by atoms with Crippen LogP contribution >= 0.6 is 0 Å². The number of hydrogen-bond donors (Lipinski definition) is 1. The molecule has 0 aliphatic heterocycles. The van der Waals surface area contributed by atoms with E-state index in [-0.39, 0.29) is 16.9 Å². The van der Waals surface area contributed by atoms with Crippen molar-refractivity contribution < 1.29 is 19.2 Å². The number of carbonyl (C=O) groups excluding carboxylic acids is 1. The maximum atomic E-state index is 11.8. The van der Waals surface area contributed by atoms with Gasteiger partial charge in [0.05, 0.1) is 11.5 Å². The Kier molecular flexibility index (Phi) is 5.26. The maximum Gasteiger partial charge on any atom is 0.407 e. The smallest absolute Gasteiger partial charge is 0.407 e. The van der Waals surface area contributed by atoms with Gasteiger partial charge in [-0.15, -0.1) is 0 Å². The zero-order valence-corrected chi connectivity index (χ0v) is 14.2. The molecular formula is C16H23N3O5. The van der Waals surface area contributed by atoms with E-state index < -0.39 is 16.6 Å². The summed E-state index contributed by atoms with van der Waals surface area (Å²) in [5, 5.41) is 13.8. The van der Waals surface area contributed by atoms with Crippen LogP contribution in [0.4, 0.5) is 10.5 Å². The van der Waals surface area contributed by atoms with Gasteiger partial charge in [0, 0.05) is 24.2 Å². The quantitative estimate of drug-likeness (QED) is 0.632. The molecule has 1 saturated carbocycles. The van der Waals surface area contributed by atoms with Crippen molar-refractivity contribution in [3.63, 3.8) is 0 Å². The normalized spacial score (nSPS) is 16.0. The highest BCUT2D eigenvalue weighted by molar-refractivity contribution is 5.67.